The highest BCUT2D eigenvalue weighted by atomic mass is 16.5. The number of hydrogen-bond donors (Lipinski definition) is 0. The van der Waals surface area contributed by atoms with Gasteiger partial charge < -0.3 is 4.74 Å². The van der Waals surface area contributed by atoms with Crippen LogP contribution in [0.2, 0.25) is 0 Å². The van der Waals surface area contributed by atoms with Gasteiger partial charge >= 0.3 is 5.97 Å². The second kappa shape index (κ2) is 5.96. The first-order chi connectivity index (χ1) is 5.20. The topological polar surface area (TPSA) is 26.3 Å². The minimum Gasteiger partial charge on any atom is -0.466 e. The van der Waals surface area contributed by atoms with Crippen LogP contribution < -0.4 is 0 Å². The van der Waals surface area contributed by atoms with Crippen molar-refractivity contribution in [2.24, 2.45) is 5.92 Å². The Morgan fingerprint density at radius 1 is 1.73 bits per heavy atom. The van der Waals surface area contributed by atoms with Gasteiger partial charge in [0.2, 0.25) is 0 Å². The summed E-state index contributed by atoms with van der Waals surface area (Å²) in [7, 11) is 0. The smallest absolute Gasteiger partial charge is 0.305 e. The maximum Gasteiger partial charge on any atom is 0.305 e. The van der Waals surface area contributed by atoms with E-state index in [1.54, 1.807) is 0 Å². The fraction of sp³-hybridized carbons (Fsp3) is 0.667. The molecule has 0 bridgehead atoms. The zero-order valence-corrected chi connectivity index (χ0v) is 7.30. The molecule has 0 aliphatic rings. The van der Waals surface area contributed by atoms with E-state index in [2.05, 4.69) is 6.58 Å². The summed E-state index contributed by atoms with van der Waals surface area (Å²) >= 11 is 0. The fourth-order valence-corrected chi connectivity index (χ4v) is 0.697. The van der Waals surface area contributed by atoms with Crippen molar-refractivity contribution in [3.05, 3.63) is 12.7 Å². The molecule has 0 N–H and O–H groups in total. The minimum absolute atomic E-state index is 0.110. The molecule has 0 fully saturated rings. The first-order valence-electron chi connectivity index (χ1n) is 3.98. The number of rotatable bonds is 5. The summed E-state index contributed by atoms with van der Waals surface area (Å²) in [6.45, 7) is 7.95. The molecule has 0 spiro atoms. The third kappa shape index (κ3) is 5.64. The molecule has 0 saturated heterocycles. The molecule has 2 heteroatoms. The van der Waals surface area contributed by atoms with E-state index in [1.165, 1.54) is 0 Å². The van der Waals surface area contributed by atoms with Crippen LogP contribution in [0.5, 0.6) is 0 Å². The maximum absolute atomic E-state index is 10.8. The van der Waals surface area contributed by atoms with Crippen LogP contribution in [-0.2, 0) is 9.53 Å². The zero-order chi connectivity index (χ0) is 8.69. The largest absolute Gasteiger partial charge is 0.466 e. The summed E-state index contributed by atoms with van der Waals surface area (Å²) in [5, 5.41) is 0. The van der Waals surface area contributed by atoms with E-state index < -0.39 is 0 Å². The highest BCUT2D eigenvalue weighted by molar-refractivity contribution is 5.69. The van der Waals surface area contributed by atoms with Gasteiger partial charge in [-0.3, -0.25) is 4.79 Å². The second-order valence-electron chi connectivity index (χ2n) is 2.56. The Labute approximate surface area is 68.2 Å². The standard InChI is InChI=1S/C9H16O2/c1-4-8(3)6-7-9(10)11-5-2/h4,8H,1,5-7H2,2-3H3. The van der Waals surface area contributed by atoms with Gasteiger partial charge in [0, 0.05) is 6.42 Å². The predicted molar refractivity (Wildman–Crippen MR) is 45.2 cm³/mol. The summed E-state index contributed by atoms with van der Waals surface area (Å²) in [4.78, 5) is 10.8. The van der Waals surface area contributed by atoms with Crippen LogP contribution in [0.4, 0.5) is 0 Å². The molecule has 0 aliphatic heterocycles. The van der Waals surface area contributed by atoms with Crippen molar-refractivity contribution in [1.29, 1.82) is 0 Å². The van der Waals surface area contributed by atoms with Gasteiger partial charge in [0.15, 0.2) is 0 Å². The van der Waals surface area contributed by atoms with Crippen molar-refractivity contribution in [2.45, 2.75) is 26.7 Å². The van der Waals surface area contributed by atoms with Crippen LogP contribution >= 0.6 is 0 Å². The molecule has 1 unspecified atom stereocenters. The van der Waals surface area contributed by atoms with E-state index in [1.807, 2.05) is 19.9 Å². The Morgan fingerprint density at radius 3 is 2.82 bits per heavy atom. The van der Waals surface area contributed by atoms with Crippen molar-refractivity contribution < 1.29 is 9.53 Å². The number of esters is 1. The first-order valence-corrected chi connectivity index (χ1v) is 3.98. The Morgan fingerprint density at radius 2 is 2.36 bits per heavy atom. The molecular formula is C9H16O2. The van der Waals surface area contributed by atoms with E-state index in [0.29, 0.717) is 18.9 Å². The van der Waals surface area contributed by atoms with Gasteiger partial charge in [-0.05, 0) is 19.3 Å². The third-order valence-corrected chi connectivity index (χ3v) is 1.51. The average Bonchev–Trinajstić information content (AvgIpc) is 2.01. The van der Waals surface area contributed by atoms with Gasteiger partial charge in [0.1, 0.15) is 0 Å². The lowest BCUT2D eigenvalue weighted by molar-refractivity contribution is -0.143. The number of hydrogen-bond acceptors (Lipinski definition) is 2. The van der Waals surface area contributed by atoms with E-state index in [-0.39, 0.29) is 5.97 Å². The summed E-state index contributed by atoms with van der Waals surface area (Å²) in [6.07, 6.45) is 3.18. The van der Waals surface area contributed by atoms with Gasteiger partial charge in [-0.2, -0.15) is 0 Å². The number of ether oxygens (including phenoxy) is 1. The van der Waals surface area contributed by atoms with Crippen molar-refractivity contribution in [3.8, 4) is 0 Å². The molecule has 64 valence electrons. The average molecular weight is 156 g/mol. The zero-order valence-electron chi connectivity index (χ0n) is 7.30. The minimum atomic E-state index is -0.110. The highest BCUT2D eigenvalue weighted by Gasteiger charge is 2.03. The van der Waals surface area contributed by atoms with Gasteiger partial charge in [-0.15, -0.1) is 6.58 Å². The SMILES string of the molecule is C=CC(C)CCC(=O)OCC. The van der Waals surface area contributed by atoms with E-state index >= 15 is 0 Å². The van der Waals surface area contributed by atoms with Gasteiger partial charge in [-0.1, -0.05) is 13.0 Å². The Bertz CT molecular complexity index is 130. The molecular weight excluding hydrogens is 140 g/mol. The molecule has 2 nitrogen and oxygen atoms in total. The van der Waals surface area contributed by atoms with Crippen LogP contribution in [0, 0.1) is 5.92 Å². The molecule has 0 saturated carbocycles. The maximum atomic E-state index is 10.8. The number of allylic oxidation sites excluding steroid dienone is 1. The van der Waals surface area contributed by atoms with Crippen LogP contribution in [0.3, 0.4) is 0 Å². The quantitative estimate of drug-likeness (QED) is 0.450. The molecule has 0 amide bonds. The number of carbonyl (C=O) groups is 1. The highest BCUT2D eigenvalue weighted by Crippen LogP contribution is 2.06. The fourth-order valence-electron chi connectivity index (χ4n) is 0.697. The molecule has 0 aromatic rings. The van der Waals surface area contributed by atoms with E-state index in [9.17, 15) is 4.79 Å². The predicted octanol–water partition coefficient (Wildman–Crippen LogP) is 2.15. The lowest BCUT2D eigenvalue weighted by Crippen LogP contribution is -2.05. The Hall–Kier alpha value is -0.790. The molecule has 11 heavy (non-hydrogen) atoms. The van der Waals surface area contributed by atoms with Crippen molar-refractivity contribution in [1.82, 2.24) is 0 Å². The molecule has 0 aromatic heterocycles. The van der Waals surface area contributed by atoms with Gasteiger partial charge in [-0.25, -0.2) is 0 Å². The monoisotopic (exact) mass is 156 g/mol. The van der Waals surface area contributed by atoms with Crippen molar-refractivity contribution in [2.75, 3.05) is 6.61 Å². The third-order valence-electron chi connectivity index (χ3n) is 1.51. The van der Waals surface area contributed by atoms with Crippen LogP contribution in [0.25, 0.3) is 0 Å². The van der Waals surface area contributed by atoms with E-state index in [4.69, 9.17) is 4.74 Å². The molecule has 0 aromatic carbocycles. The Kier molecular flexibility index (Phi) is 5.53. The molecule has 0 heterocycles. The first kappa shape index (κ1) is 10.2. The van der Waals surface area contributed by atoms with Crippen LogP contribution in [0.1, 0.15) is 26.7 Å². The molecule has 1 atom stereocenters. The summed E-state index contributed by atoms with van der Waals surface area (Å²) in [6, 6.07) is 0. The molecule has 0 aliphatic carbocycles. The number of carbonyl (C=O) groups excluding carboxylic acids is 1. The molecule has 0 rings (SSSR count). The van der Waals surface area contributed by atoms with Crippen LogP contribution in [0.15, 0.2) is 12.7 Å². The lowest BCUT2D eigenvalue weighted by atomic mass is 10.1. The van der Waals surface area contributed by atoms with Gasteiger partial charge in [0.25, 0.3) is 0 Å². The van der Waals surface area contributed by atoms with Gasteiger partial charge in [0.05, 0.1) is 6.61 Å². The normalized spacial score (nSPS) is 12.2. The summed E-state index contributed by atoms with van der Waals surface area (Å²) < 4.78 is 4.76. The van der Waals surface area contributed by atoms with Crippen molar-refractivity contribution in [3.63, 3.8) is 0 Å². The summed E-state index contributed by atoms with van der Waals surface area (Å²) in [5.41, 5.74) is 0. The van der Waals surface area contributed by atoms with E-state index in [0.717, 1.165) is 6.42 Å². The van der Waals surface area contributed by atoms with Crippen LogP contribution in [-0.4, -0.2) is 12.6 Å². The van der Waals surface area contributed by atoms with Crippen molar-refractivity contribution >= 4 is 5.97 Å². The summed E-state index contributed by atoms with van der Waals surface area (Å²) in [5.74, 6) is 0.292. The lowest BCUT2D eigenvalue weighted by Gasteiger charge is -2.04. The Balaban J connectivity index is 3.37. The second-order valence-corrected chi connectivity index (χ2v) is 2.56. The molecule has 0 radical (unpaired) electrons.